The van der Waals surface area contributed by atoms with E-state index in [1.54, 1.807) is 0 Å². The van der Waals surface area contributed by atoms with Crippen molar-refractivity contribution in [1.82, 2.24) is 15.5 Å². The lowest BCUT2D eigenvalue weighted by molar-refractivity contribution is -0.138. The number of piperidine rings is 1. The number of carbonyl (C=O) groups excluding carboxylic acids is 1. The second-order valence-electron chi connectivity index (χ2n) is 9.34. The number of carbonyl (C=O) groups is 1. The van der Waals surface area contributed by atoms with E-state index in [1.165, 1.54) is 31.2 Å². The normalized spacial score (nSPS) is 17.0. The number of hydrogen-bond acceptors (Lipinski definition) is 5. The summed E-state index contributed by atoms with van der Waals surface area (Å²) in [5.41, 5.74) is -0.451. The molecule has 1 amide bonds. The Hall–Kier alpha value is -1.85. The van der Waals surface area contributed by atoms with Crippen molar-refractivity contribution in [3.05, 3.63) is 62.6 Å². The first-order chi connectivity index (χ1) is 17.8. The highest BCUT2D eigenvalue weighted by molar-refractivity contribution is 7.91. The molecule has 12 heteroatoms. The highest BCUT2D eigenvalue weighted by atomic mass is 35.5. The lowest BCUT2D eigenvalue weighted by atomic mass is 9.99. The number of sulfone groups is 1. The Balaban J connectivity index is 1.77. The number of nitrogens with one attached hydrogen (secondary N) is 2. The fourth-order valence-corrected chi connectivity index (χ4v) is 6.29. The van der Waals surface area contributed by atoms with Gasteiger partial charge in [-0.25, -0.2) is 8.42 Å². The number of rotatable bonds is 10. The summed E-state index contributed by atoms with van der Waals surface area (Å²) in [5, 5.41) is 6.19. The minimum Gasteiger partial charge on any atom is -0.352 e. The molecular formula is C26H32Cl2F3N3O3S. The molecule has 2 aromatic rings. The Kier molecular flexibility index (Phi) is 10.5. The molecule has 38 heavy (non-hydrogen) atoms. The molecule has 6 nitrogen and oxygen atoms in total. The van der Waals surface area contributed by atoms with Crippen molar-refractivity contribution in [3.63, 3.8) is 0 Å². The van der Waals surface area contributed by atoms with Crippen molar-refractivity contribution in [3.8, 4) is 0 Å². The van der Waals surface area contributed by atoms with Gasteiger partial charge in [-0.1, -0.05) is 37.0 Å². The molecule has 0 aliphatic carbocycles. The van der Waals surface area contributed by atoms with Gasteiger partial charge in [-0.2, -0.15) is 13.2 Å². The molecular weight excluding hydrogens is 562 g/mol. The van der Waals surface area contributed by atoms with E-state index >= 15 is 0 Å². The fourth-order valence-electron chi connectivity index (χ4n) is 4.67. The van der Waals surface area contributed by atoms with Crippen LogP contribution >= 0.6 is 23.2 Å². The van der Waals surface area contributed by atoms with Crippen LogP contribution in [0.2, 0.25) is 10.0 Å². The average Bonchev–Trinajstić information content (AvgIpc) is 2.84. The van der Waals surface area contributed by atoms with Crippen LogP contribution in [0.3, 0.4) is 0 Å². The Morgan fingerprint density at radius 2 is 1.89 bits per heavy atom. The lowest BCUT2D eigenvalue weighted by Gasteiger charge is -2.34. The van der Waals surface area contributed by atoms with Crippen LogP contribution in [0.1, 0.15) is 48.9 Å². The van der Waals surface area contributed by atoms with Gasteiger partial charge in [-0.3, -0.25) is 9.69 Å². The predicted octanol–water partition coefficient (Wildman–Crippen LogP) is 5.24. The summed E-state index contributed by atoms with van der Waals surface area (Å²) in [5.74, 6) is -0.709. The Bertz CT molecular complexity index is 1250. The first kappa shape index (κ1) is 30.7. The van der Waals surface area contributed by atoms with E-state index in [1.807, 2.05) is 11.8 Å². The molecule has 1 heterocycles. The maximum absolute atomic E-state index is 14.0. The van der Waals surface area contributed by atoms with Gasteiger partial charge in [-0.05, 0) is 73.0 Å². The molecule has 1 fully saturated rings. The van der Waals surface area contributed by atoms with Gasteiger partial charge in [0, 0.05) is 35.7 Å². The number of amides is 1. The molecule has 0 saturated carbocycles. The van der Waals surface area contributed by atoms with E-state index in [9.17, 15) is 26.4 Å². The number of benzene rings is 2. The minimum absolute atomic E-state index is 0.00573. The molecule has 2 aromatic carbocycles. The quantitative estimate of drug-likeness (QED) is 0.394. The van der Waals surface area contributed by atoms with Crippen LogP contribution in [0.5, 0.6) is 0 Å². The predicted molar refractivity (Wildman–Crippen MR) is 143 cm³/mol. The molecule has 0 unspecified atom stereocenters. The van der Waals surface area contributed by atoms with Crippen LogP contribution in [-0.4, -0.2) is 50.7 Å². The second-order valence-corrected chi connectivity index (χ2v) is 12.4. The van der Waals surface area contributed by atoms with Crippen LogP contribution in [0, 0.1) is 0 Å². The monoisotopic (exact) mass is 593 g/mol. The van der Waals surface area contributed by atoms with E-state index < -0.39 is 27.5 Å². The second kappa shape index (κ2) is 13.0. The van der Waals surface area contributed by atoms with Gasteiger partial charge < -0.3 is 10.6 Å². The summed E-state index contributed by atoms with van der Waals surface area (Å²) in [6, 6.07) is 6.85. The maximum Gasteiger partial charge on any atom is 0.416 e. The summed E-state index contributed by atoms with van der Waals surface area (Å²) in [4.78, 5) is 14.7. The van der Waals surface area contributed by atoms with E-state index in [4.69, 9.17) is 23.2 Å². The van der Waals surface area contributed by atoms with Crippen molar-refractivity contribution in [2.24, 2.45) is 0 Å². The summed E-state index contributed by atoms with van der Waals surface area (Å²) in [6.45, 7) is 5.51. The van der Waals surface area contributed by atoms with Gasteiger partial charge in [0.05, 0.1) is 22.6 Å². The van der Waals surface area contributed by atoms with Crippen molar-refractivity contribution in [2.75, 3.05) is 25.4 Å². The number of likely N-dealkylation sites (tertiary alicyclic amines) is 1. The molecule has 210 valence electrons. The number of halogens is 5. The first-order valence-electron chi connectivity index (χ1n) is 12.5. The molecule has 2 N–H and O–H groups in total. The molecule has 0 spiro atoms. The van der Waals surface area contributed by atoms with Crippen molar-refractivity contribution >= 4 is 38.9 Å². The van der Waals surface area contributed by atoms with Gasteiger partial charge in [0.2, 0.25) is 5.91 Å². The minimum atomic E-state index is -4.65. The van der Waals surface area contributed by atoms with Crippen LogP contribution in [-0.2, 0) is 40.3 Å². The molecule has 1 aliphatic heterocycles. The third kappa shape index (κ3) is 8.08. The molecule has 3 rings (SSSR count). The fraction of sp³-hybridized carbons (Fsp3) is 0.500. The van der Waals surface area contributed by atoms with Crippen LogP contribution in [0.15, 0.2) is 35.2 Å². The van der Waals surface area contributed by atoms with Gasteiger partial charge in [0.1, 0.15) is 0 Å². The number of alkyl halides is 3. The smallest absolute Gasteiger partial charge is 0.352 e. The topological polar surface area (TPSA) is 78.5 Å². The molecule has 0 aromatic heterocycles. The summed E-state index contributed by atoms with van der Waals surface area (Å²) >= 11 is 12.4. The van der Waals surface area contributed by atoms with E-state index in [2.05, 4.69) is 10.6 Å². The highest BCUT2D eigenvalue weighted by Crippen LogP contribution is 2.37. The van der Waals surface area contributed by atoms with Gasteiger partial charge in [0.25, 0.3) is 0 Å². The zero-order chi connectivity index (χ0) is 28.1. The van der Waals surface area contributed by atoms with Crippen molar-refractivity contribution in [1.29, 1.82) is 0 Å². The summed E-state index contributed by atoms with van der Waals surface area (Å²) in [7, 11) is -3.56. The van der Waals surface area contributed by atoms with Gasteiger partial charge >= 0.3 is 6.18 Å². The van der Waals surface area contributed by atoms with Crippen LogP contribution in [0.4, 0.5) is 13.2 Å². The highest BCUT2D eigenvalue weighted by Gasteiger charge is 2.36. The zero-order valence-electron chi connectivity index (χ0n) is 21.3. The summed E-state index contributed by atoms with van der Waals surface area (Å²) in [6.07, 6.45) is -3.15. The third-order valence-corrected chi connectivity index (χ3v) is 8.92. The van der Waals surface area contributed by atoms with Gasteiger partial charge in [0.15, 0.2) is 9.84 Å². The van der Waals surface area contributed by atoms with Gasteiger partial charge in [-0.15, -0.1) is 0 Å². The third-order valence-electron chi connectivity index (χ3n) is 6.52. The Morgan fingerprint density at radius 1 is 1.16 bits per heavy atom. The number of hydrogen-bond donors (Lipinski definition) is 2. The molecule has 0 radical (unpaired) electrons. The SMILES string of the molecule is CCN[C@H]1CCCN(Cc2c(Cl)cc(CC(=O)NCc3cc(Cl)ccc3S(=O)(=O)CC)cc2C(F)(F)F)C1. The zero-order valence-corrected chi connectivity index (χ0v) is 23.6. The lowest BCUT2D eigenvalue weighted by Crippen LogP contribution is -2.45. The molecule has 1 atom stereocenters. The van der Waals surface area contributed by atoms with E-state index in [0.29, 0.717) is 23.7 Å². The molecule has 1 saturated heterocycles. The van der Waals surface area contributed by atoms with Crippen molar-refractivity contribution < 1.29 is 26.4 Å². The molecule has 0 bridgehead atoms. The Labute approximate surface area is 231 Å². The maximum atomic E-state index is 14.0. The average molecular weight is 595 g/mol. The molecule has 1 aliphatic rings. The van der Waals surface area contributed by atoms with E-state index in [0.717, 1.165) is 25.5 Å². The Morgan fingerprint density at radius 3 is 2.55 bits per heavy atom. The van der Waals surface area contributed by atoms with Crippen molar-refractivity contribution in [2.45, 2.75) is 63.3 Å². The standard InChI is InChI=1S/C26H32Cl2F3N3O3S/c1-3-32-20-6-5-9-34(15-20)16-21-22(26(29,30)31)10-17(11-23(21)28)12-25(35)33-14-18-13-19(27)7-8-24(18)38(36,37)4-2/h7-8,10-11,13,20,32H,3-6,9,12,14-16H2,1-2H3,(H,33,35)/t20-/m0/s1. The van der Waals surface area contributed by atoms with Crippen LogP contribution < -0.4 is 10.6 Å². The largest absolute Gasteiger partial charge is 0.416 e. The van der Waals surface area contributed by atoms with Crippen LogP contribution in [0.25, 0.3) is 0 Å². The number of likely N-dealkylation sites (N-methyl/N-ethyl adjacent to an activating group) is 1. The van der Waals surface area contributed by atoms with E-state index in [-0.39, 0.29) is 52.4 Å². The summed E-state index contributed by atoms with van der Waals surface area (Å²) < 4.78 is 66.9. The number of nitrogens with zero attached hydrogens (tertiary/aromatic N) is 1. The first-order valence-corrected chi connectivity index (χ1v) is 14.9.